The molecule has 1 rings (SSSR count). The summed E-state index contributed by atoms with van der Waals surface area (Å²) < 4.78 is 0. The molecule has 0 saturated carbocycles. The van der Waals surface area contributed by atoms with E-state index in [9.17, 15) is 0 Å². The van der Waals surface area contributed by atoms with Crippen molar-refractivity contribution in [1.29, 1.82) is 0 Å². The van der Waals surface area contributed by atoms with Gasteiger partial charge in [-0.1, -0.05) is 6.92 Å². The average molecular weight is 184 g/mol. The number of rotatable bonds is 2. The molecule has 0 aromatic heterocycles. The van der Waals surface area contributed by atoms with Crippen LogP contribution in [-0.4, -0.2) is 36.1 Å². The smallest absolute Gasteiger partial charge is 0.0151 e. The Bertz CT molecular complexity index is 154. The topological polar surface area (TPSA) is 15.3 Å². The van der Waals surface area contributed by atoms with Gasteiger partial charge in [-0.05, 0) is 33.6 Å². The van der Waals surface area contributed by atoms with E-state index in [2.05, 4.69) is 37.9 Å². The normalized spacial score (nSPS) is 27.2. The number of hydrogen-bond donors (Lipinski definition) is 1. The molecule has 0 aliphatic carbocycles. The van der Waals surface area contributed by atoms with Crippen molar-refractivity contribution >= 4 is 0 Å². The SMILES string of the molecule is CCC(C)(C)N1CCNC(C)CC1. The quantitative estimate of drug-likeness (QED) is 0.704. The molecule has 1 unspecified atom stereocenters. The van der Waals surface area contributed by atoms with E-state index in [1.165, 1.54) is 25.9 Å². The first-order valence-electron chi connectivity index (χ1n) is 5.54. The Morgan fingerprint density at radius 2 is 2.08 bits per heavy atom. The lowest BCUT2D eigenvalue weighted by molar-refractivity contribution is 0.124. The van der Waals surface area contributed by atoms with Gasteiger partial charge in [0.15, 0.2) is 0 Å². The van der Waals surface area contributed by atoms with Crippen molar-refractivity contribution < 1.29 is 0 Å². The van der Waals surface area contributed by atoms with Crippen LogP contribution in [0.15, 0.2) is 0 Å². The summed E-state index contributed by atoms with van der Waals surface area (Å²) in [7, 11) is 0. The highest BCUT2D eigenvalue weighted by Crippen LogP contribution is 2.19. The molecule has 0 amide bonds. The van der Waals surface area contributed by atoms with Gasteiger partial charge in [-0.25, -0.2) is 0 Å². The summed E-state index contributed by atoms with van der Waals surface area (Å²) in [5, 5.41) is 3.53. The van der Waals surface area contributed by atoms with E-state index in [4.69, 9.17) is 0 Å². The third-order valence-corrected chi connectivity index (χ3v) is 3.43. The molecule has 1 heterocycles. The highest BCUT2D eigenvalue weighted by molar-refractivity contribution is 4.83. The van der Waals surface area contributed by atoms with Crippen LogP contribution in [0, 0.1) is 0 Å². The monoisotopic (exact) mass is 184 g/mol. The van der Waals surface area contributed by atoms with E-state index in [1.54, 1.807) is 0 Å². The summed E-state index contributed by atoms with van der Waals surface area (Å²) in [5.41, 5.74) is 0.381. The fraction of sp³-hybridized carbons (Fsp3) is 1.00. The summed E-state index contributed by atoms with van der Waals surface area (Å²) in [4.78, 5) is 2.61. The van der Waals surface area contributed by atoms with E-state index in [0.717, 1.165) is 6.54 Å². The van der Waals surface area contributed by atoms with E-state index in [0.29, 0.717) is 11.6 Å². The summed E-state index contributed by atoms with van der Waals surface area (Å²) in [6, 6.07) is 0.692. The summed E-state index contributed by atoms with van der Waals surface area (Å²) in [5.74, 6) is 0. The van der Waals surface area contributed by atoms with Gasteiger partial charge in [-0.3, -0.25) is 4.90 Å². The van der Waals surface area contributed by atoms with Crippen molar-refractivity contribution in [2.24, 2.45) is 0 Å². The van der Waals surface area contributed by atoms with Gasteiger partial charge in [0, 0.05) is 31.2 Å². The maximum absolute atomic E-state index is 3.53. The van der Waals surface area contributed by atoms with Crippen molar-refractivity contribution in [2.75, 3.05) is 19.6 Å². The third kappa shape index (κ3) is 2.96. The van der Waals surface area contributed by atoms with Crippen LogP contribution in [0.2, 0.25) is 0 Å². The predicted octanol–water partition coefficient (Wildman–Crippen LogP) is 1.86. The van der Waals surface area contributed by atoms with Crippen molar-refractivity contribution in [2.45, 2.75) is 52.1 Å². The second-order valence-electron chi connectivity index (χ2n) is 4.80. The second-order valence-corrected chi connectivity index (χ2v) is 4.80. The van der Waals surface area contributed by atoms with Crippen LogP contribution in [-0.2, 0) is 0 Å². The lowest BCUT2D eigenvalue weighted by Gasteiger charge is -2.37. The van der Waals surface area contributed by atoms with Crippen molar-refractivity contribution in [3.8, 4) is 0 Å². The Hall–Kier alpha value is -0.0800. The standard InChI is InChI=1S/C11H24N2/c1-5-11(3,4)13-8-6-10(2)12-7-9-13/h10,12H,5-9H2,1-4H3. The molecular weight excluding hydrogens is 160 g/mol. The molecule has 1 aliphatic rings. The molecule has 0 radical (unpaired) electrons. The first kappa shape index (κ1) is 11.0. The maximum Gasteiger partial charge on any atom is 0.0151 e. The van der Waals surface area contributed by atoms with Gasteiger partial charge < -0.3 is 5.32 Å². The molecule has 0 spiro atoms. The lowest BCUT2D eigenvalue weighted by atomic mass is 9.99. The molecule has 1 fully saturated rings. The van der Waals surface area contributed by atoms with E-state index in [1.807, 2.05) is 0 Å². The van der Waals surface area contributed by atoms with Crippen LogP contribution in [0.25, 0.3) is 0 Å². The molecule has 0 aromatic carbocycles. The minimum absolute atomic E-state index is 0.381. The number of nitrogens with one attached hydrogen (secondary N) is 1. The fourth-order valence-electron chi connectivity index (χ4n) is 1.84. The van der Waals surface area contributed by atoms with Crippen molar-refractivity contribution in [1.82, 2.24) is 10.2 Å². The highest BCUT2D eigenvalue weighted by atomic mass is 15.2. The summed E-state index contributed by atoms with van der Waals surface area (Å²) >= 11 is 0. The highest BCUT2D eigenvalue weighted by Gasteiger charge is 2.25. The van der Waals surface area contributed by atoms with Gasteiger partial charge in [0.05, 0.1) is 0 Å². The van der Waals surface area contributed by atoms with Gasteiger partial charge in [0.1, 0.15) is 0 Å². The Balaban J connectivity index is 2.50. The Morgan fingerprint density at radius 3 is 2.69 bits per heavy atom. The van der Waals surface area contributed by atoms with Gasteiger partial charge in [-0.2, -0.15) is 0 Å². The molecule has 1 saturated heterocycles. The molecule has 1 atom stereocenters. The molecule has 0 bridgehead atoms. The van der Waals surface area contributed by atoms with Crippen LogP contribution in [0.5, 0.6) is 0 Å². The Morgan fingerprint density at radius 1 is 1.38 bits per heavy atom. The number of hydrogen-bond acceptors (Lipinski definition) is 2. The second kappa shape index (κ2) is 4.43. The minimum Gasteiger partial charge on any atom is -0.313 e. The van der Waals surface area contributed by atoms with Crippen LogP contribution in [0.4, 0.5) is 0 Å². The molecule has 13 heavy (non-hydrogen) atoms. The molecule has 2 heteroatoms. The fourth-order valence-corrected chi connectivity index (χ4v) is 1.84. The summed E-state index contributed by atoms with van der Waals surface area (Å²) in [6.45, 7) is 12.8. The van der Waals surface area contributed by atoms with E-state index in [-0.39, 0.29) is 0 Å². The van der Waals surface area contributed by atoms with Gasteiger partial charge >= 0.3 is 0 Å². The molecular formula is C11H24N2. The molecule has 1 aliphatic heterocycles. The molecule has 0 aromatic rings. The molecule has 78 valence electrons. The van der Waals surface area contributed by atoms with E-state index >= 15 is 0 Å². The van der Waals surface area contributed by atoms with Crippen LogP contribution >= 0.6 is 0 Å². The minimum atomic E-state index is 0.381. The average Bonchev–Trinajstić information content (AvgIpc) is 2.30. The Kier molecular flexibility index (Phi) is 3.74. The zero-order valence-electron chi connectivity index (χ0n) is 9.56. The van der Waals surface area contributed by atoms with Crippen LogP contribution in [0.3, 0.4) is 0 Å². The lowest BCUT2D eigenvalue weighted by Crippen LogP contribution is -2.45. The first-order chi connectivity index (χ1) is 6.06. The van der Waals surface area contributed by atoms with Crippen LogP contribution in [0.1, 0.15) is 40.5 Å². The molecule has 2 nitrogen and oxygen atoms in total. The largest absolute Gasteiger partial charge is 0.313 e. The third-order valence-electron chi connectivity index (χ3n) is 3.43. The molecule has 1 N–H and O–H groups in total. The Labute approximate surface area is 82.7 Å². The maximum atomic E-state index is 3.53. The van der Waals surface area contributed by atoms with Gasteiger partial charge in [0.25, 0.3) is 0 Å². The van der Waals surface area contributed by atoms with Gasteiger partial charge in [-0.15, -0.1) is 0 Å². The first-order valence-corrected chi connectivity index (χ1v) is 5.54. The van der Waals surface area contributed by atoms with Gasteiger partial charge in [0.2, 0.25) is 0 Å². The zero-order valence-corrected chi connectivity index (χ0v) is 9.56. The van der Waals surface area contributed by atoms with E-state index < -0.39 is 0 Å². The summed E-state index contributed by atoms with van der Waals surface area (Å²) in [6.07, 6.45) is 2.52. The van der Waals surface area contributed by atoms with Crippen molar-refractivity contribution in [3.05, 3.63) is 0 Å². The van der Waals surface area contributed by atoms with Crippen LogP contribution < -0.4 is 5.32 Å². The zero-order chi connectivity index (χ0) is 9.90. The predicted molar refractivity (Wildman–Crippen MR) is 58.0 cm³/mol. The van der Waals surface area contributed by atoms with Crippen molar-refractivity contribution in [3.63, 3.8) is 0 Å². The number of nitrogens with zero attached hydrogens (tertiary/aromatic N) is 1.